The quantitative estimate of drug-likeness (QED) is 0.601. The van der Waals surface area contributed by atoms with E-state index in [1.807, 2.05) is 6.92 Å². The molecule has 0 saturated carbocycles. The molecule has 0 aromatic heterocycles. The first-order valence-electron chi connectivity index (χ1n) is 6.33. The molecule has 1 atom stereocenters. The Hall–Kier alpha value is -2.21. The van der Waals surface area contributed by atoms with Gasteiger partial charge in [-0.15, -0.1) is 0 Å². The van der Waals surface area contributed by atoms with Crippen molar-refractivity contribution >= 4 is 5.91 Å². The average Bonchev–Trinajstić information content (AvgIpc) is 2.44. The molecule has 114 valence electrons. The van der Waals surface area contributed by atoms with E-state index in [0.29, 0.717) is 5.56 Å². The normalized spacial score (nSPS) is 13.0. The highest BCUT2D eigenvalue weighted by atomic mass is 19.3. The summed E-state index contributed by atoms with van der Waals surface area (Å²) in [5, 5.41) is 12.4. The second-order valence-electron chi connectivity index (χ2n) is 4.10. The van der Waals surface area contributed by atoms with Gasteiger partial charge in [0.15, 0.2) is 0 Å². The second kappa shape index (κ2) is 8.86. The van der Waals surface area contributed by atoms with Crippen LogP contribution in [-0.2, 0) is 4.79 Å². The van der Waals surface area contributed by atoms with Crippen molar-refractivity contribution in [3.8, 4) is 5.75 Å². The van der Waals surface area contributed by atoms with Crippen molar-refractivity contribution in [1.29, 1.82) is 0 Å². The fourth-order valence-electron chi connectivity index (χ4n) is 1.53. The van der Waals surface area contributed by atoms with E-state index in [2.05, 4.69) is 10.1 Å². The average molecular weight is 297 g/mol. The lowest BCUT2D eigenvalue weighted by Gasteiger charge is -2.13. The summed E-state index contributed by atoms with van der Waals surface area (Å²) in [6, 6.07) is 5.72. The van der Waals surface area contributed by atoms with Crippen molar-refractivity contribution in [1.82, 2.24) is 5.32 Å². The summed E-state index contributed by atoms with van der Waals surface area (Å²) in [5.74, 6) is -0.395. The molecule has 0 aliphatic rings. The summed E-state index contributed by atoms with van der Waals surface area (Å²) >= 11 is 0. The number of aliphatic hydroxyl groups is 1. The molecular weight excluding hydrogens is 280 g/mol. The first kappa shape index (κ1) is 16.8. The van der Waals surface area contributed by atoms with Crippen molar-refractivity contribution in [3.63, 3.8) is 0 Å². The molecule has 0 radical (unpaired) electrons. The number of amides is 1. The standard InChI is InChI=1S/C15H17F2NO3/c1-2-3-4-8-14(20)18-10-13(19)11-6-5-7-12(9-11)21-15(16)17/h2-9,13,15,19H,10H2,1H3,(H,18,20). The first-order chi connectivity index (χ1) is 10.0. The topological polar surface area (TPSA) is 58.6 Å². The summed E-state index contributed by atoms with van der Waals surface area (Å²) in [5.41, 5.74) is 0.380. The van der Waals surface area contributed by atoms with Crippen molar-refractivity contribution in [3.05, 3.63) is 54.1 Å². The number of hydrogen-bond acceptors (Lipinski definition) is 3. The SMILES string of the molecule is CC=CC=CC(=O)NCC(O)c1cccc(OC(F)F)c1. The highest BCUT2D eigenvalue weighted by Crippen LogP contribution is 2.20. The number of halogens is 2. The number of ether oxygens (including phenoxy) is 1. The van der Waals surface area contributed by atoms with Gasteiger partial charge in [-0.3, -0.25) is 4.79 Å². The monoisotopic (exact) mass is 297 g/mol. The molecular formula is C15H17F2NO3. The van der Waals surface area contributed by atoms with Gasteiger partial charge in [0.2, 0.25) is 5.91 Å². The van der Waals surface area contributed by atoms with Gasteiger partial charge < -0.3 is 15.2 Å². The van der Waals surface area contributed by atoms with Gasteiger partial charge in [0.25, 0.3) is 0 Å². The Morgan fingerprint density at radius 3 is 2.86 bits per heavy atom. The molecule has 0 saturated heterocycles. The Balaban J connectivity index is 2.55. The molecule has 21 heavy (non-hydrogen) atoms. The number of rotatable bonds is 7. The molecule has 0 heterocycles. The predicted octanol–water partition coefficient (Wildman–Crippen LogP) is 2.57. The Kier molecular flexibility index (Phi) is 7.11. The summed E-state index contributed by atoms with van der Waals surface area (Å²) < 4.78 is 28.4. The van der Waals surface area contributed by atoms with Crippen molar-refractivity contribution in [2.24, 2.45) is 0 Å². The van der Waals surface area contributed by atoms with Crippen LogP contribution in [0.15, 0.2) is 48.6 Å². The Bertz CT molecular complexity index is 515. The first-order valence-corrected chi connectivity index (χ1v) is 6.33. The zero-order valence-corrected chi connectivity index (χ0v) is 11.5. The Morgan fingerprint density at radius 2 is 2.19 bits per heavy atom. The number of carbonyl (C=O) groups is 1. The van der Waals surface area contributed by atoms with Gasteiger partial charge in [-0.2, -0.15) is 8.78 Å². The molecule has 0 spiro atoms. The third-order valence-electron chi connectivity index (χ3n) is 2.49. The van der Waals surface area contributed by atoms with E-state index < -0.39 is 12.7 Å². The van der Waals surface area contributed by atoms with Crippen LogP contribution in [0.1, 0.15) is 18.6 Å². The summed E-state index contributed by atoms with van der Waals surface area (Å²) in [6.45, 7) is -1.13. The molecule has 0 fully saturated rings. The minimum absolute atomic E-state index is 0.0306. The fraction of sp³-hybridized carbons (Fsp3) is 0.267. The molecule has 1 rings (SSSR count). The maximum absolute atomic E-state index is 12.1. The maximum atomic E-state index is 12.1. The van der Waals surface area contributed by atoms with Crippen molar-refractivity contribution in [2.75, 3.05) is 6.54 Å². The molecule has 1 aromatic rings. The van der Waals surface area contributed by atoms with Crippen LogP contribution in [0.4, 0.5) is 8.78 Å². The van der Waals surface area contributed by atoms with Crippen LogP contribution >= 0.6 is 0 Å². The maximum Gasteiger partial charge on any atom is 0.387 e. The van der Waals surface area contributed by atoms with Gasteiger partial charge in [-0.25, -0.2) is 0 Å². The Labute approximate surface area is 121 Å². The number of hydrogen-bond donors (Lipinski definition) is 2. The largest absolute Gasteiger partial charge is 0.435 e. The van der Waals surface area contributed by atoms with Crippen LogP contribution in [0.2, 0.25) is 0 Å². The summed E-state index contributed by atoms with van der Waals surface area (Å²) in [6.07, 6.45) is 5.35. The molecule has 1 unspecified atom stereocenters. The molecule has 1 amide bonds. The molecule has 0 aliphatic heterocycles. The smallest absolute Gasteiger partial charge is 0.387 e. The zero-order valence-electron chi connectivity index (χ0n) is 11.5. The van der Waals surface area contributed by atoms with Gasteiger partial charge >= 0.3 is 6.61 Å². The van der Waals surface area contributed by atoms with Crippen LogP contribution in [0.25, 0.3) is 0 Å². The van der Waals surface area contributed by atoms with E-state index in [1.54, 1.807) is 24.3 Å². The molecule has 0 bridgehead atoms. The third kappa shape index (κ3) is 6.67. The lowest BCUT2D eigenvalue weighted by Crippen LogP contribution is -2.26. The highest BCUT2D eigenvalue weighted by molar-refractivity contribution is 5.87. The van der Waals surface area contributed by atoms with Crippen LogP contribution in [0.3, 0.4) is 0 Å². The Morgan fingerprint density at radius 1 is 1.43 bits per heavy atom. The van der Waals surface area contributed by atoms with E-state index in [4.69, 9.17) is 0 Å². The number of allylic oxidation sites excluding steroid dienone is 3. The second-order valence-corrected chi connectivity index (χ2v) is 4.10. The van der Waals surface area contributed by atoms with Gasteiger partial charge in [-0.1, -0.05) is 30.4 Å². The lowest BCUT2D eigenvalue weighted by molar-refractivity contribution is -0.116. The van der Waals surface area contributed by atoms with E-state index in [-0.39, 0.29) is 18.2 Å². The van der Waals surface area contributed by atoms with Gasteiger partial charge in [0.05, 0.1) is 6.10 Å². The van der Waals surface area contributed by atoms with Crippen LogP contribution < -0.4 is 10.1 Å². The van der Waals surface area contributed by atoms with Gasteiger partial charge in [-0.05, 0) is 24.6 Å². The number of benzene rings is 1. The summed E-state index contributed by atoms with van der Waals surface area (Å²) in [4.78, 5) is 11.4. The number of nitrogens with one attached hydrogen (secondary N) is 1. The molecule has 0 aliphatic carbocycles. The van der Waals surface area contributed by atoms with E-state index >= 15 is 0 Å². The van der Waals surface area contributed by atoms with Crippen LogP contribution in [0, 0.1) is 0 Å². The van der Waals surface area contributed by atoms with Crippen LogP contribution in [-0.4, -0.2) is 24.2 Å². The fourth-order valence-corrected chi connectivity index (χ4v) is 1.53. The number of aliphatic hydroxyl groups excluding tert-OH is 1. The van der Waals surface area contributed by atoms with E-state index in [9.17, 15) is 18.7 Å². The molecule has 4 nitrogen and oxygen atoms in total. The van der Waals surface area contributed by atoms with Crippen LogP contribution in [0.5, 0.6) is 5.75 Å². The number of alkyl halides is 2. The lowest BCUT2D eigenvalue weighted by atomic mass is 10.1. The third-order valence-corrected chi connectivity index (χ3v) is 2.49. The highest BCUT2D eigenvalue weighted by Gasteiger charge is 2.11. The molecule has 6 heteroatoms. The van der Waals surface area contributed by atoms with Crippen molar-refractivity contribution < 1.29 is 23.4 Å². The number of carbonyl (C=O) groups excluding carboxylic acids is 1. The van der Waals surface area contributed by atoms with Crippen molar-refractivity contribution in [2.45, 2.75) is 19.6 Å². The minimum Gasteiger partial charge on any atom is -0.435 e. The molecule has 1 aromatic carbocycles. The van der Waals surface area contributed by atoms with E-state index in [0.717, 1.165) is 0 Å². The van der Waals surface area contributed by atoms with Gasteiger partial charge in [0.1, 0.15) is 5.75 Å². The summed E-state index contributed by atoms with van der Waals surface area (Å²) in [7, 11) is 0. The van der Waals surface area contributed by atoms with Gasteiger partial charge in [0, 0.05) is 12.6 Å². The minimum atomic E-state index is -2.92. The van der Waals surface area contributed by atoms with E-state index in [1.165, 1.54) is 24.3 Å². The zero-order chi connectivity index (χ0) is 15.7. The molecule has 2 N–H and O–H groups in total. The predicted molar refractivity (Wildman–Crippen MR) is 75.0 cm³/mol.